The second-order valence-electron chi connectivity index (χ2n) is 4.74. The topological polar surface area (TPSA) is 38.3 Å². The van der Waals surface area contributed by atoms with Crippen LogP contribution in [0.3, 0.4) is 0 Å². The predicted molar refractivity (Wildman–Crippen MR) is 67.5 cm³/mol. The van der Waals surface area contributed by atoms with Gasteiger partial charge in [-0.25, -0.2) is 0 Å². The minimum Gasteiger partial charge on any atom is -0.373 e. The van der Waals surface area contributed by atoms with Gasteiger partial charge in [-0.3, -0.25) is 4.79 Å². The molecule has 1 aromatic carbocycles. The summed E-state index contributed by atoms with van der Waals surface area (Å²) in [6, 6.07) is 7.48. The predicted octanol–water partition coefficient (Wildman–Crippen LogP) is 2.02. The van der Waals surface area contributed by atoms with Gasteiger partial charge in [0.1, 0.15) is 0 Å². The second kappa shape index (κ2) is 4.35. The number of carbonyl (C=O) groups excluding carboxylic acids is 1. The molecule has 90 valence electrons. The van der Waals surface area contributed by atoms with E-state index in [0.29, 0.717) is 11.7 Å². The van der Waals surface area contributed by atoms with Crippen LogP contribution < -0.4 is 5.32 Å². The van der Waals surface area contributed by atoms with E-state index in [9.17, 15) is 4.79 Å². The summed E-state index contributed by atoms with van der Waals surface area (Å²) in [7, 11) is 0. The summed E-state index contributed by atoms with van der Waals surface area (Å²) < 4.78 is 5.72. The lowest BCUT2D eigenvalue weighted by Crippen LogP contribution is -2.41. The van der Waals surface area contributed by atoms with E-state index in [1.807, 2.05) is 18.2 Å². The molecule has 0 aromatic heterocycles. The number of hydrogen-bond donors (Lipinski definition) is 2. The van der Waals surface area contributed by atoms with Crippen LogP contribution in [0, 0.1) is 0 Å². The lowest BCUT2D eigenvalue weighted by atomic mass is 9.95. The van der Waals surface area contributed by atoms with E-state index < -0.39 is 0 Å². The Morgan fingerprint density at radius 2 is 2.29 bits per heavy atom. The van der Waals surface area contributed by atoms with Crippen LogP contribution in [-0.4, -0.2) is 24.2 Å². The Morgan fingerprint density at radius 1 is 1.41 bits per heavy atom. The van der Waals surface area contributed by atoms with Gasteiger partial charge in [0.05, 0.1) is 18.2 Å². The van der Waals surface area contributed by atoms with Gasteiger partial charge in [-0.05, 0) is 37.5 Å². The quantitative estimate of drug-likeness (QED) is 0.787. The molecule has 2 aliphatic rings. The molecular weight excluding hydrogens is 234 g/mol. The van der Waals surface area contributed by atoms with Crippen molar-refractivity contribution in [2.75, 3.05) is 0 Å². The summed E-state index contributed by atoms with van der Waals surface area (Å²) >= 11 is 4.24. The number of benzene rings is 1. The Kier molecular flexibility index (Phi) is 2.84. The number of thiol groups is 1. The SMILES string of the molecule is O=C(NC1CC2CCC1O2)c1cccc(S)c1. The molecule has 2 bridgehead atoms. The Bertz CT molecular complexity index is 449. The molecule has 0 radical (unpaired) electrons. The molecule has 1 aromatic rings. The van der Waals surface area contributed by atoms with Gasteiger partial charge >= 0.3 is 0 Å². The first kappa shape index (κ1) is 11.1. The highest BCUT2D eigenvalue weighted by Gasteiger charge is 2.41. The molecule has 0 aliphatic carbocycles. The van der Waals surface area contributed by atoms with E-state index in [4.69, 9.17) is 4.74 Å². The first-order valence-corrected chi connectivity index (χ1v) is 6.42. The maximum atomic E-state index is 12.0. The maximum absolute atomic E-state index is 12.0. The Labute approximate surface area is 106 Å². The van der Waals surface area contributed by atoms with Crippen LogP contribution >= 0.6 is 12.6 Å². The van der Waals surface area contributed by atoms with Crippen molar-refractivity contribution in [3.8, 4) is 0 Å². The number of fused-ring (bicyclic) bond motifs is 2. The van der Waals surface area contributed by atoms with Gasteiger partial charge in [0.2, 0.25) is 0 Å². The number of carbonyl (C=O) groups is 1. The summed E-state index contributed by atoms with van der Waals surface area (Å²) in [6.07, 6.45) is 3.76. The highest BCUT2D eigenvalue weighted by molar-refractivity contribution is 7.80. The number of ether oxygens (including phenoxy) is 1. The van der Waals surface area contributed by atoms with Gasteiger partial charge in [-0.1, -0.05) is 6.07 Å². The third-order valence-corrected chi connectivity index (χ3v) is 3.81. The fourth-order valence-electron chi connectivity index (χ4n) is 2.69. The Morgan fingerprint density at radius 3 is 2.94 bits per heavy atom. The van der Waals surface area contributed by atoms with Gasteiger partial charge in [0.25, 0.3) is 5.91 Å². The van der Waals surface area contributed by atoms with E-state index in [1.54, 1.807) is 6.07 Å². The van der Waals surface area contributed by atoms with E-state index in [-0.39, 0.29) is 18.1 Å². The van der Waals surface area contributed by atoms with E-state index in [2.05, 4.69) is 17.9 Å². The number of rotatable bonds is 2. The molecule has 2 saturated heterocycles. The van der Waals surface area contributed by atoms with Crippen LogP contribution in [0.1, 0.15) is 29.6 Å². The molecular formula is C13H15NO2S. The average Bonchev–Trinajstić information content (AvgIpc) is 2.91. The van der Waals surface area contributed by atoms with Crippen LogP contribution in [0.15, 0.2) is 29.2 Å². The van der Waals surface area contributed by atoms with Crippen LogP contribution in [0.25, 0.3) is 0 Å². The first-order chi connectivity index (χ1) is 8.22. The molecule has 1 amide bonds. The monoisotopic (exact) mass is 249 g/mol. The van der Waals surface area contributed by atoms with Crippen molar-refractivity contribution in [1.82, 2.24) is 5.32 Å². The van der Waals surface area contributed by atoms with Crippen molar-refractivity contribution in [2.24, 2.45) is 0 Å². The van der Waals surface area contributed by atoms with Crippen molar-refractivity contribution in [3.63, 3.8) is 0 Å². The highest BCUT2D eigenvalue weighted by Crippen LogP contribution is 2.34. The molecule has 17 heavy (non-hydrogen) atoms. The van der Waals surface area contributed by atoms with Crippen molar-refractivity contribution >= 4 is 18.5 Å². The maximum Gasteiger partial charge on any atom is 0.251 e. The third kappa shape index (κ3) is 2.19. The largest absolute Gasteiger partial charge is 0.373 e. The fraction of sp³-hybridized carbons (Fsp3) is 0.462. The smallest absolute Gasteiger partial charge is 0.251 e. The molecule has 3 rings (SSSR count). The summed E-state index contributed by atoms with van der Waals surface area (Å²) in [5.74, 6) is -0.0259. The summed E-state index contributed by atoms with van der Waals surface area (Å²) in [5.41, 5.74) is 0.667. The zero-order valence-electron chi connectivity index (χ0n) is 9.43. The molecule has 2 fully saturated rings. The molecule has 3 unspecified atom stereocenters. The second-order valence-corrected chi connectivity index (χ2v) is 5.26. The van der Waals surface area contributed by atoms with Crippen LogP contribution in [-0.2, 0) is 4.74 Å². The summed E-state index contributed by atoms with van der Waals surface area (Å²) in [5, 5.41) is 3.06. The zero-order chi connectivity index (χ0) is 11.8. The van der Waals surface area contributed by atoms with Gasteiger partial charge in [-0.15, -0.1) is 12.6 Å². The first-order valence-electron chi connectivity index (χ1n) is 5.98. The standard InChI is InChI=1S/C13H15NO2S/c15-13(8-2-1-3-10(17)6-8)14-11-7-9-4-5-12(11)16-9/h1-3,6,9,11-12,17H,4-5,7H2,(H,14,15). The van der Waals surface area contributed by atoms with Crippen molar-refractivity contribution in [3.05, 3.63) is 29.8 Å². The number of amides is 1. The van der Waals surface area contributed by atoms with E-state index in [1.165, 1.54) is 0 Å². The van der Waals surface area contributed by atoms with E-state index >= 15 is 0 Å². The highest BCUT2D eigenvalue weighted by atomic mass is 32.1. The molecule has 4 heteroatoms. The van der Waals surface area contributed by atoms with Gasteiger partial charge in [-0.2, -0.15) is 0 Å². The minimum absolute atomic E-state index is 0.0259. The zero-order valence-corrected chi connectivity index (χ0v) is 10.3. The summed E-state index contributed by atoms with van der Waals surface area (Å²) in [6.45, 7) is 0. The molecule has 1 N–H and O–H groups in total. The van der Waals surface area contributed by atoms with Gasteiger partial charge < -0.3 is 10.1 Å². The van der Waals surface area contributed by atoms with Crippen molar-refractivity contribution in [1.29, 1.82) is 0 Å². The number of hydrogen-bond acceptors (Lipinski definition) is 3. The van der Waals surface area contributed by atoms with E-state index in [0.717, 1.165) is 24.2 Å². The number of nitrogens with one attached hydrogen (secondary N) is 1. The molecule has 3 atom stereocenters. The average molecular weight is 249 g/mol. The molecule has 2 aliphatic heterocycles. The third-order valence-electron chi connectivity index (χ3n) is 3.53. The molecule has 3 nitrogen and oxygen atoms in total. The molecule has 0 saturated carbocycles. The van der Waals surface area contributed by atoms with Crippen LogP contribution in [0.4, 0.5) is 0 Å². The van der Waals surface area contributed by atoms with Gasteiger partial charge in [0, 0.05) is 10.5 Å². The van der Waals surface area contributed by atoms with Crippen LogP contribution in [0.5, 0.6) is 0 Å². The lowest BCUT2D eigenvalue weighted by molar-refractivity contribution is 0.0841. The lowest BCUT2D eigenvalue weighted by Gasteiger charge is -2.20. The van der Waals surface area contributed by atoms with Gasteiger partial charge in [0.15, 0.2) is 0 Å². The van der Waals surface area contributed by atoms with Crippen LogP contribution in [0.2, 0.25) is 0 Å². The van der Waals surface area contributed by atoms with Crippen molar-refractivity contribution < 1.29 is 9.53 Å². The molecule has 2 heterocycles. The Hall–Kier alpha value is -1.00. The molecule has 0 spiro atoms. The fourth-order valence-corrected chi connectivity index (χ4v) is 2.91. The minimum atomic E-state index is -0.0259. The Balaban J connectivity index is 1.68. The summed E-state index contributed by atoms with van der Waals surface area (Å²) in [4.78, 5) is 12.8. The van der Waals surface area contributed by atoms with Crippen molar-refractivity contribution in [2.45, 2.75) is 42.4 Å². The normalized spacial score (nSPS) is 30.5.